The van der Waals surface area contributed by atoms with Crippen LogP contribution in [0.25, 0.3) is 10.9 Å². The van der Waals surface area contributed by atoms with E-state index >= 15 is 0 Å². The molecule has 1 aromatic heterocycles. The number of anilines is 1. The fourth-order valence-corrected chi connectivity index (χ4v) is 4.17. The number of alkyl halides is 3. The maximum atomic E-state index is 13.1. The van der Waals surface area contributed by atoms with Crippen LogP contribution in [0.5, 0.6) is 0 Å². The first kappa shape index (κ1) is 28.9. The summed E-state index contributed by atoms with van der Waals surface area (Å²) in [5.41, 5.74) is 2.70. The van der Waals surface area contributed by atoms with Crippen LogP contribution in [0, 0.1) is 6.92 Å². The summed E-state index contributed by atoms with van der Waals surface area (Å²) in [6, 6.07) is 3.88. The number of carboxylic acid groups (broad SMARTS) is 1. The number of aryl methyl sites for hydroxylation is 1. The SMILES string of the molecule is CC.Cc1cc(CNC2NC=CC=C2C(=O)O)c2nc(N3CCCCC3)n(C)c(=O)c2c1.FC(F)F. The lowest BCUT2D eigenvalue weighted by Crippen LogP contribution is -2.44. The van der Waals surface area contributed by atoms with E-state index in [1.807, 2.05) is 32.9 Å². The van der Waals surface area contributed by atoms with E-state index in [9.17, 15) is 27.9 Å². The van der Waals surface area contributed by atoms with E-state index in [1.165, 1.54) is 6.42 Å². The first-order valence-electron chi connectivity index (χ1n) is 12.0. The van der Waals surface area contributed by atoms with Crippen LogP contribution in [-0.4, -0.2) is 46.6 Å². The monoisotopic (exact) mass is 509 g/mol. The van der Waals surface area contributed by atoms with E-state index in [1.54, 1.807) is 30.0 Å². The van der Waals surface area contributed by atoms with Crippen LogP contribution in [0.2, 0.25) is 0 Å². The van der Waals surface area contributed by atoms with Crippen LogP contribution in [0.1, 0.15) is 44.2 Å². The minimum atomic E-state index is -3.67. The highest BCUT2D eigenvalue weighted by molar-refractivity contribution is 5.88. The Morgan fingerprint density at radius 3 is 2.47 bits per heavy atom. The maximum absolute atomic E-state index is 13.1. The second kappa shape index (κ2) is 13.7. The molecule has 2 aliphatic rings. The molecule has 198 valence electrons. The van der Waals surface area contributed by atoms with Gasteiger partial charge in [0.2, 0.25) is 5.95 Å². The summed E-state index contributed by atoms with van der Waals surface area (Å²) in [5, 5.41) is 16.3. The van der Waals surface area contributed by atoms with Crippen molar-refractivity contribution < 1.29 is 23.1 Å². The van der Waals surface area contributed by atoms with E-state index in [0.29, 0.717) is 23.4 Å². The third-order valence-electron chi connectivity index (χ3n) is 5.71. The Kier molecular flexibility index (Phi) is 11.0. The second-order valence-electron chi connectivity index (χ2n) is 8.16. The third-order valence-corrected chi connectivity index (χ3v) is 5.71. The molecule has 0 radical (unpaired) electrons. The molecule has 3 heterocycles. The van der Waals surface area contributed by atoms with Crippen molar-refractivity contribution in [2.24, 2.45) is 7.05 Å². The zero-order valence-electron chi connectivity index (χ0n) is 21.0. The number of allylic oxidation sites excluding steroid dienone is 2. The number of nitrogens with one attached hydrogen (secondary N) is 2. The van der Waals surface area contributed by atoms with Crippen LogP contribution in [0.15, 0.2) is 40.9 Å². The number of dihydropyridines is 1. The number of aliphatic carboxylic acids is 1. The Morgan fingerprint density at radius 2 is 1.86 bits per heavy atom. The number of benzene rings is 1. The van der Waals surface area contributed by atoms with Crippen LogP contribution in [0.4, 0.5) is 19.1 Å². The maximum Gasteiger partial charge on any atom is 0.379 e. The largest absolute Gasteiger partial charge is 0.478 e. The number of hydrogen-bond acceptors (Lipinski definition) is 6. The molecule has 0 amide bonds. The van der Waals surface area contributed by atoms with E-state index in [4.69, 9.17) is 4.98 Å². The highest BCUT2D eigenvalue weighted by Crippen LogP contribution is 2.22. The predicted molar refractivity (Wildman–Crippen MR) is 135 cm³/mol. The molecule has 0 aliphatic carbocycles. The summed E-state index contributed by atoms with van der Waals surface area (Å²) in [6.45, 7) is 4.46. The molecule has 11 heteroatoms. The Hall–Kier alpha value is -3.34. The molecule has 3 N–H and O–H groups in total. The van der Waals surface area contributed by atoms with Crippen molar-refractivity contribution >= 4 is 22.8 Å². The lowest BCUT2D eigenvalue weighted by molar-refractivity contribution is -0.133. The van der Waals surface area contributed by atoms with Gasteiger partial charge in [-0.1, -0.05) is 19.9 Å². The number of carbonyl (C=O) groups is 1. The van der Waals surface area contributed by atoms with Gasteiger partial charge in [-0.3, -0.25) is 14.7 Å². The zero-order valence-corrected chi connectivity index (χ0v) is 21.0. The number of fused-ring (bicyclic) bond motifs is 1. The summed E-state index contributed by atoms with van der Waals surface area (Å²) in [4.78, 5) is 31.7. The topological polar surface area (TPSA) is 99.5 Å². The zero-order chi connectivity index (χ0) is 26.8. The minimum absolute atomic E-state index is 0.0598. The standard InChI is InChI=1S/C22H27N5O3.C2H6.CHF3/c1-14-11-15(13-24-19-16(21(29)30)7-6-8-23-19)18-17(12-14)20(28)26(2)22(25-18)27-9-4-3-5-10-27;1-2;2-1(3)4/h6-8,11-12,19,23-24H,3-5,9-10,13H2,1-2H3,(H,29,30);1-2H3;1H. The van der Waals surface area contributed by atoms with Gasteiger partial charge in [0.05, 0.1) is 16.5 Å². The van der Waals surface area contributed by atoms with E-state index in [2.05, 4.69) is 15.5 Å². The summed E-state index contributed by atoms with van der Waals surface area (Å²) in [6.07, 6.45) is 7.84. The number of carboxylic acids is 1. The van der Waals surface area contributed by atoms with Gasteiger partial charge in [0.25, 0.3) is 5.56 Å². The van der Waals surface area contributed by atoms with Crippen molar-refractivity contribution in [3.05, 3.63) is 57.5 Å². The van der Waals surface area contributed by atoms with E-state index in [0.717, 1.165) is 37.1 Å². The molecular formula is C25H34F3N5O3. The molecule has 8 nitrogen and oxygen atoms in total. The number of aromatic nitrogens is 2. The molecule has 2 aliphatic heterocycles. The number of hydrogen-bond donors (Lipinski definition) is 3. The first-order chi connectivity index (χ1) is 17.2. The van der Waals surface area contributed by atoms with Crippen LogP contribution >= 0.6 is 0 Å². The highest BCUT2D eigenvalue weighted by Gasteiger charge is 2.22. The normalized spacial score (nSPS) is 16.9. The fourth-order valence-electron chi connectivity index (χ4n) is 4.17. The third kappa shape index (κ3) is 7.33. The number of piperidine rings is 1. The van der Waals surface area contributed by atoms with Crippen molar-refractivity contribution in [1.29, 1.82) is 0 Å². The molecular weight excluding hydrogens is 475 g/mol. The number of rotatable bonds is 5. The van der Waals surface area contributed by atoms with Gasteiger partial charge in [0, 0.05) is 26.7 Å². The van der Waals surface area contributed by atoms with Gasteiger partial charge in [0.1, 0.15) is 6.17 Å². The minimum Gasteiger partial charge on any atom is -0.478 e. The summed E-state index contributed by atoms with van der Waals surface area (Å²) in [7, 11) is 1.78. The predicted octanol–water partition coefficient (Wildman–Crippen LogP) is 3.98. The molecule has 1 unspecified atom stereocenters. The van der Waals surface area contributed by atoms with Crippen molar-refractivity contribution in [3.8, 4) is 0 Å². The van der Waals surface area contributed by atoms with Gasteiger partial charge in [-0.05, 0) is 61.7 Å². The highest BCUT2D eigenvalue weighted by atomic mass is 19.4. The molecule has 36 heavy (non-hydrogen) atoms. The summed E-state index contributed by atoms with van der Waals surface area (Å²) in [5.74, 6) is -0.278. The molecule has 1 fully saturated rings. The Balaban J connectivity index is 0.000000694. The van der Waals surface area contributed by atoms with E-state index < -0.39 is 18.8 Å². The summed E-state index contributed by atoms with van der Waals surface area (Å²) >= 11 is 0. The van der Waals surface area contributed by atoms with Gasteiger partial charge in [-0.15, -0.1) is 0 Å². The average molecular weight is 510 g/mol. The molecule has 0 spiro atoms. The van der Waals surface area contributed by atoms with Gasteiger partial charge in [-0.2, -0.15) is 13.2 Å². The molecule has 1 aromatic carbocycles. The van der Waals surface area contributed by atoms with E-state index in [-0.39, 0.29) is 11.1 Å². The smallest absolute Gasteiger partial charge is 0.379 e. The van der Waals surface area contributed by atoms with Gasteiger partial charge in [0.15, 0.2) is 0 Å². The van der Waals surface area contributed by atoms with Crippen molar-refractivity contribution in [1.82, 2.24) is 20.2 Å². The van der Waals surface area contributed by atoms with Crippen LogP contribution in [0.3, 0.4) is 0 Å². The van der Waals surface area contributed by atoms with Gasteiger partial charge < -0.3 is 15.3 Å². The van der Waals surface area contributed by atoms with Gasteiger partial charge >= 0.3 is 12.6 Å². The first-order valence-corrected chi connectivity index (χ1v) is 12.0. The lowest BCUT2D eigenvalue weighted by atomic mass is 10.1. The molecule has 1 atom stereocenters. The van der Waals surface area contributed by atoms with Crippen molar-refractivity contribution in [2.45, 2.75) is 59.4 Å². The van der Waals surface area contributed by atoms with Gasteiger partial charge in [-0.25, -0.2) is 9.78 Å². The quantitative estimate of drug-likeness (QED) is 0.561. The van der Waals surface area contributed by atoms with Crippen LogP contribution < -0.4 is 21.1 Å². The molecule has 0 saturated carbocycles. The Bertz CT molecular complexity index is 1160. The molecule has 2 aromatic rings. The molecule has 0 bridgehead atoms. The van der Waals surface area contributed by atoms with Crippen molar-refractivity contribution in [2.75, 3.05) is 18.0 Å². The Labute approximate surface area is 208 Å². The molecule has 4 rings (SSSR count). The van der Waals surface area contributed by atoms with Crippen LogP contribution in [-0.2, 0) is 18.4 Å². The average Bonchev–Trinajstić information content (AvgIpc) is 2.86. The lowest BCUT2D eigenvalue weighted by Gasteiger charge is -2.29. The van der Waals surface area contributed by atoms with Crippen molar-refractivity contribution in [3.63, 3.8) is 0 Å². The second-order valence-corrected chi connectivity index (χ2v) is 8.16. The fraction of sp³-hybridized carbons (Fsp3) is 0.480. The number of nitrogens with zero attached hydrogens (tertiary/aromatic N) is 3. The molecule has 1 saturated heterocycles. The Morgan fingerprint density at radius 1 is 1.22 bits per heavy atom. The summed E-state index contributed by atoms with van der Waals surface area (Å²) < 4.78 is 30.6. The number of halogens is 3.